The number of hydrogen-bond acceptors (Lipinski definition) is 4. The van der Waals surface area contributed by atoms with Gasteiger partial charge in [0.1, 0.15) is 0 Å². The van der Waals surface area contributed by atoms with Crippen molar-refractivity contribution in [3.05, 3.63) is 52.7 Å². The Morgan fingerprint density at radius 1 is 1.40 bits per heavy atom. The molecule has 0 spiro atoms. The summed E-state index contributed by atoms with van der Waals surface area (Å²) in [5.74, 6) is -0.00335. The van der Waals surface area contributed by atoms with E-state index in [1.165, 1.54) is 0 Å². The SMILES string of the molecule is COc1cccc(CNc2ccc(Cl)c(C(N)=O)c2)n1. The molecule has 104 valence electrons. The largest absolute Gasteiger partial charge is 0.481 e. The average Bonchev–Trinajstić information content (AvgIpc) is 2.46. The highest BCUT2D eigenvalue weighted by Crippen LogP contribution is 2.20. The van der Waals surface area contributed by atoms with Crippen LogP contribution in [0.15, 0.2) is 36.4 Å². The van der Waals surface area contributed by atoms with Gasteiger partial charge in [-0.2, -0.15) is 0 Å². The number of pyridine rings is 1. The van der Waals surface area contributed by atoms with Crippen LogP contribution in [-0.4, -0.2) is 18.0 Å². The Balaban J connectivity index is 2.10. The Bertz CT molecular complexity index is 632. The molecule has 0 atom stereocenters. The van der Waals surface area contributed by atoms with Crippen LogP contribution in [0.5, 0.6) is 5.88 Å². The van der Waals surface area contributed by atoms with Crippen LogP contribution in [-0.2, 0) is 6.54 Å². The van der Waals surface area contributed by atoms with Gasteiger partial charge in [-0.05, 0) is 24.3 Å². The van der Waals surface area contributed by atoms with Crippen LogP contribution in [0.4, 0.5) is 5.69 Å². The van der Waals surface area contributed by atoms with Crippen molar-refractivity contribution in [3.63, 3.8) is 0 Å². The number of ether oxygens (including phenoxy) is 1. The third kappa shape index (κ3) is 3.39. The van der Waals surface area contributed by atoms with Crippen LogP contribution >= 0.6 is 11.6 Å². The molecule has 20 heavy (non-hydrogen) atoms. The van der Waals surface area contributed by atoms with Crippen molar-refractivity contribution in [3.8, 4) is 5.88 Å². The van der Waals surface area contributed by atoms with E-state index in [1.807, 2.05) is 12.1 Å². The van der Waals surface area contributed by atoms with E-state index in [2.05, 4.69) is 10.3 Å². The number of methoxy groups -OCH3 is 1. The number of benzene rings is 1. The minimum absolute atomic E-state index is 0.287. The Morgan fingerprint density at radius 3 is 2.90 bits per heavy atom. The van der Waals surface area contributed by atoms with E-state index in [0.717, 1.165) is 11.4 Å². The van der Waals surface area contributed by atoms with Crippen LogP contribution in [0.25, 0.3) is 0 Å². The van der Waals surface area contributed by atoms with E-state index in [0.29, 0.717) is 17.4 Å². The zero-order chi connectivity index (χ0) is 14.5. The van der Waals surface area contributed by atoms with Crippen LogP contribution in [0.1, 0.15) is 16.1 Å². The van der Waals surface area contributed by atoms with E-state index < -0.39 is 5.91 Å². The third-order valence-corrected chi connectivity index (χ3v) is 3.03. The smallest absolute Gasteiger partial charge is 0.250 e. The molecule has 0 bridgehead atoms. The zero-order valence-corrected chi connectivity index (χ0v) is 11.6. The maximum atomic E-state index is 11.2. The van der Waals surface area contributed by atoms with Gasteiger partial charge < -0.3 is 15.8 Å². The summed E-state index contributed by atoms with van der Waals surface area (Å²) in [6.45, 7) is 0.497. The molecule has 1 heterocycles. The number of nitrogens with zero attached hydrogens (tertiary/aromatic N) is 1. The lowest BCUT2D eigenvalue weighted by molar-refractivity contribution is 0.100. The minimum Gasteiger partial charge on any atom is -0.481 e. The van der Waals surface area contributed by atoms with Crippen molar-refractivity contribution in [2.45, 2.75) is 6.54 Å². The molecular formula is C14H14ClN3O2. The number of halogens is 1. The second kappa shape index (κ2) is 6.25. The number of rotatable bonds is 5. The fourth-order valence-corrected chi connectivity index (χ4v) is 1.90. The van der Waals surface area contributed by atoms with Crippen molar-refractivity contribution in [1.29, 1.82) is 0 Å². The molecule has 1 amide bonds. The summed E-state index contributed by atoms with van der Waals surface area (Å²) < 4.78 is 5.06. The molecular weight excluding hydrogens is 278 g/mol. The quantitative estimate of drug-likeness (QED) is 0.887. The van der Waals surface area contributed by atoms with Crippen molar-refractivity contribution in [2.75, 3.05) is 12.4 Å². The molecule has 6 heteroatoms. The molecule has 1 aromatic carbocycles. The number of primary amides is 1. The molecule has 1 aromatic heterocycles. The van der Waals surface area contributed by atoms with Gasteiger partial charge in [-0.25, -0.2) is 4.98 Å². The Labute approximate surface area is 121 Å². The predicted octanol–water partition coefficient (Wildman–Crippen LogP) is 2.45. The third-order valence-electron chi connectivity index (χ3n) is 2.70. The number of carbonyl (C=O) groups is 1. The van der Waals surface area contributed by atoms with Crippen LogP contribution in [0, 0.1) is 0 Å². The van der Waals surface area contributed by atoms with Gasteiger partial charge in [0, 0.05) is 11.8 Å². The fourth-order valence-electron chi connectivity index (χ4n) is 1.69. The van der Waals surface area contributed by atoms with Crippen molar-refractivity contribution in [2.24, 2.45) is 5.73 Å². The summed E-state index contributed by atoms with van der Waals surface area (Å²) in [4.78, 5) is 15.5. The monoisotopic (exact) mass is 291 g/mol. The number of carbonyl (C=O) groups excluding carboxylic acids is 1. The van der Waals surface area contributed by atoms with Gasteiger partial charge in [0.05, 0.1) is 29.9 Å². The molecule has 0 aliphatic heterocycles. The second-order valence-corrected chi connectivity index (χ2v) is 4.49. The molecule has 5 nitrogen and oxygen atoms in total. The molecule has 0 unspecified atom stereocenters. The Morgan fingerprint density at radius 2 is 2.20 bits per heavy atom. The highest BCUT2D eigenvalue weighted by molar-refractivity contribution is 6.33. The normalized spacial score (nSPS) is 10.1. The number of aromatic nitrogens is 1. The van der Waals surface area contributed by atoms with Gasteiger partial charge in [0.25, 0.3) is 0 Å². The molecule has 0 radical (unpaired) electrons. The van der Waals surface area contributed by atoms with E-state index >= 15 is 0 Å². The lowest BCUT2D eigenvalue weighted by Gasteiger charge is -2.09. The van der Waals surface area contributed by atoms with Crippen LogP contribution in [0.3, 0.4) is 0 Å². The highest BCUT2D eigenvalue weighted by atomic mass is 35.5. The summed E-state index contributed by atoms with van der Waals surface area (Å²) in [5, 5.41) is 3.49. The number of nitrogens with two attached hydrogens (primary N) is 1. The van der Waals surface area contributed by atoms with Crippen LogP contribution in [0.2, 0.25) is 5.02 Å². The molecule has 2 rings (SSSR count). The topological polar surface area (TPSA) is 77.2 Å². The number of amides is 1. The number of anilines is 1. The zero-order valence-electron chi connectivity index (χ0n) is 10.9. The second-order valence-electron chi connectivity index (χ2n) is 4.08. The maximum Gasteiger partial charge on any atom is 0.250 e. The van der Waals surface area contributed by atoms with Crippen molar-refractivity contribution < 1.29 is 9.53 Å². The van der Waals surface area contributed by atoms with Gasteiger partial charge >= 0.3 is 0 Å². The van der Waals surface area contributed by atoms with Gasteiger partial charge in [0.2, 0.25) is 11.8 Å². The van der Waals surface area contributed by atoms with E-state index in [4.69, 9.17) is 22.1 Å². The average molecular weight is 292 g/mol. The van der Waals surface area contributed by atoms with E-state index in [1.54, 1.807) is 31.4 Å². The fraction of sp³-hybridized carbons (Fsp3) is 0.143. The van der Waals surface area contributed by atoms with Crippen LogP contribution < -0.4 is 15.8 Å². The first-order valence-electron chi connectivity index (χ1n) is 5.93. The summed E-state index contributed by atoms with van der Waals surface area (Å²) >= 11 is 5.89. The maximum absolute atomic E-state index is 11.2. The molecule has 0 saturated carbocycles. The first kappa shape index (κ1) is 14.1. The number of nitrogens with one attached hydrogen (secondary N) is 1. The molecule has 0 aliphatic carbocycles. The first-order chi connectivity index (χ1) is 9.60. The molecule has 0 aliphatic rings. The first-order valence-corrected chi connectivity index (χ1v) is 6.31. The van der Waals surface area contributed by atoms with Gasteiger partial charge in [-0.15, -0.1) is 0 Å². The Hall–Kier alpha value is -2.27. The molecule has 0 fully saturated rings. The van der Waals surface area contributed by atoms with E-state index in [-0.39, 0.29) is 5.56 Å². The van der Waals surface area contributed by atoms with Gasteiger partial charge in [0.15, 0.2) is 0 Å². The van der Waals surface area contributed by atoms with E-state index in [9.17, 15) is 4.79 Å². The predicted molar refractivity (Wildman–Crippen MR) is 78.1 cm³/mol. The minimum atomic E-state index is -0.557. The molecule has 3 N–H and O–H groups in total. The standard InChI is InChI=1S/C14H14ClN3O2/c1-20-13-4-2-3-10(18-13)8-17-9-5-6-12(15)11(7-9)14(16)19/h2-7,17H,8H2,1H3,(H2,16,19). The van der Waals surface area contributed by atoms with Crippen molar-refractivity contribution in [1.82, 2.24) is 4.98 Å². The molecule has 2 aromatic rings. The summed E-state index contributed by atoms with van der Waals surface area (Å²) in [6, 6.07) is 10.5. The van der Waals surface area contributed by atoms with Gasteiger partial charge in [-0.1, -0.05) is 17.7 Å². The summed E-state index contributed by atoms with van der Waals surface area (Å²) in [5.41, 5.74) is 7.10. The highest BCUT2D eigenvalue weighted by Gasteiger charge is 2.07. The van der Waals surface area contributed by atoms with Crippen molar-refractivity contribution >= 4 is 23.2 Å². The summed E-state index contributed by atoms with van der Waals surface area (Å²) in [7, 11) is 1.57. The Kier molecular flexibility index (Phi) is 4.42. The molecule has 0 saturated heterocycles. The lowest BCUT2D eigenvalue weighted by Crippen LogP contribution is -2.12. The number of hydrogen-bond donors (Lipinski definition) is 2. The summed E-state index contributed by atoms with van der Waals surface area (Å²) in [6.07, 6.45) is 0. The van der Waals surface area contributed by atoms with Gasteiger partial charge in [-0.3, -0.25) is 4.79 Å². The lowest BCUT2D eigenvalue weighted by atomic mass is 10.2.